The number of carbonyl (C=O) groups is 2. The van der Waals surface area contributed by atoms with Crippen LogP contribution in [-0.2, 0) is 19.7 Å². The predicted octanol–water partition coefficient (Wildman–Crippen LogP) is 3.90. The van der Waals surface area contributed by atoms with Gasteiger partial charge in [-0.05, 0) is 37.0 Å². The molecule has 3 nitrogen and oxygen atoms in total. The quantitative estimate of drug-likeness (QED) is 0.227. The Labute approximate surface area is 146 Å². The zero-order valence-electron chi connectivity index (χ0n) is 13.5. The second kappa shape index (κ2) is 9.32. The van der Waals surface area contributed by atoms with Gasteiger partial charge >= 0.3 is 5.97 Å². The Balaban J connectivity index is 3.12. The molecule has 1 rings (SSSR count). The van der Waals surface area contributed by atoms with E-state index in [-0.39, 0.29) is 5.78 Å². The minimum Gasteiger partial charge on any atom is -0.466 e. The van der Waals surface area contributed by atoms with Crippen molar-refractivity contribution < 1.29 is 14.3 Å². The number of carbonyl (C=O) groups excluding carboxylic acids is 2. The Morgan fingerprint density at radius 2 is 2.17 bits per heavy atom. The number of ether oxygens (including phenoxy) is 1. The second-order valence-electron chi connectivity index (χ2n) is 5.43. The van der Waals surface area contributed by atoms with Crippen molar-refractivity contribution in [1.82, 2.24) is 0 Å². The molecule has 0 aromatic heterocycles. The molecule has 0 aliphatic heterocycles. The molecule has 0 spiro atoms. The van der Waals surface area contributed by atoms with Crippen molar-refractivity contribution in [1.29, 1.82) is 0 Å². The third-order valence-electron chi connectivity index (χ3n) is 3.87. The van der Waals surface area contributed by atoms with Gasteiger partial charge in [-0.3, -0.25) is 4.79 Å². The summed E-state index contributed by atoms with van der Waals surface area (Å²) < 4.78 is 4.59. The summed E-state index contributed by atoms with van der Waals surface area (Å²) in [5, 5.41) is 0.293. The summed E-state index contributed by atoms with van der Waals surface area (Å²) in [6.45, 7) is 1.94. The number of benzene rings is 1. The first-order valence-corrected chi connectivity index (χ1v) is 8.49. The van der Waals surface area contributed by atoms with Crippen LogP contribution in [0, 0.1) is 12.3 Å². The highest BCUT2D eigenvalue weighted by atomic mass is 79.9. The van der Waals surface area contributed by atoms with Gasteiger partial charge in [0.15, 0.2) is 5.78 Å². The van der Waals surface area contributed by atoms with Crippen LogP contribution in [0.5, 0.6) is 0 Å². The van der Waals surface area contributed by atoms with Crippen molar-refractivity contribution in [2.45, 2.75) is 31.6 Å². The van der Waals surface area contributed by atoms with Gasteiger partial charge in [0.05, 0.1) is 17.9 Å². The number of terminal acetylenes is 1. The number of esters is 1. The molecule has 4 heteroatoms. The molecule has 1 unspecified atom stereocenters. The van der Waals surface area contributed by atoms with E-state index in [1.54, 1.807) is 6.08 Å². The Morgan fingerprint density at radius 1 is 1.43 bits per heavy atom. The van der Waals surface area contributed by atoms with Gasteiger partial charge in [-0.1, -0.05) is 40.2 Å². The van der Waals surface area contributed by atoms with E-state index in [9.17, 15) is 9.59 Å². The van der Waals surface area contributed by atoms with Gasteiger partial charge in [0, 0.05) is 12.5 Å². The van der Waals surface area contributed by atoms with Crippen molar-refractivity contribution in [2.75, 3.05) is 12.4 Å². The monoisotopic (exact) mass is 376 g/mol. The van der Waals surface area contributed by atoms with Crippen LogP contribution in [0.1, 0.15) is 37.3 Å². The molecule has 122 valence electrons. The third-order valence-corrected chi connectivity index (χ3v) is 4.38. The van der Waals surface area contributed by atoms with E-state index >= 15 is 0 Å². The standard InChI is InChI=1S/C19H21BrO3/c1-4-5-6-12-19(2,17(21)14-20)16-9-7-8-15(13-16)10-11-18(22)23-3/h1,7-11,13H,5-6,12,14H2,2-3H3/b11-10+. The SMILES string of the molecule is C#CCCCC(C)(C(=O)CBr)c1cccc(/C=C/C(=O)OC)c1. The van der Waals surface area contributed by atoms with Crippen molar-refractivity contribution in [3.05, 3.63) is 41.5 Å². The molecule has 0 amide bonds. The zero-order valence-corrected chi connectivity index (χ0v) is 15.1. The molecule has 0 bridgehead atoms. The number of ketones is 1. The van der Waals surface area contributed by atoms with Crippen LogP contribution in [0.25, 0.3) is 6.08 Å². The van der Waals surface area contributed by atoms with Crippen LogP contribution < -0.4 is 0 Å². The summed E-state index contributed by atoms with van der Waals surface area (Å²) in [5.74, 6) is 2.31. The van der Waals surface area contributed by atoms with Crippen molar-refractivity contribution in [2.24, 2.45) is 0 Å². The van der Waals surface area contributed by atoms with Gasteiger partial charge in [-0.2, -0.15) is 0 Å². The largest absolute Gasteiger partial charge is 0.466 e. The fourth-order valence-corrected chi connectivity index (χ4v) is 2.97. The molecule has 1 atom stereocenters. The van der Waals surface area contributed by atoms with Crippen molar-refractivity contribution in [3.63, 3.8) is 0 Å². The molecule has 0 heterocycles. The first kappa shape index (κ1) is 19.2. The summed E-state index contributed by atoms with van der Waals surface area (Å²) >= 11 is 3.27. The lowest BCUT2D eigenvalue weighted by Gasteiger charge is -2.28. The summed E-state index contributed by atoms with van der Waals surface area (Å²) in [4.78, 5) is 23.7. The van der Waals surface area contributed by atoms with Crippen molar-refractivity contribution >= 4 is 33.8 Å². The van der Waals surface area contributed by atoms with Crippen LogP contribution >= 0.6 is 15.9 Å². The van der Waals surface area contributed by atoms with Gasteiger partial charge in [0.1, 0.15) is 0 Å². The minimum atomic E-state index is -0.602. The van der Waals surface area contributed by atoms with Crippen LogP contribution in [0.15, 0.2) is 30.3 Å². The molecule has 0 saturated carbocycles. The lowest BCUT2D eigenvalue weighted by Crippen LogP contribution is -2.33. The Bertz CT molecular complexity index is 628. The van der Waals surface area contributed by atoms with Crippen LogP contribution in [0.3, 0.4) is 0 Å². The number of unbranched alkanes of at least 4 members (excludes halogenated alkanes) is 1. The van der Waals surface area contributed by atoms with Gasteiger partial charge in [-0.25, -0.2) is 4.79 Å². The highest BCUT2D eigenvalue weighted by molar-refractivity contribution is 9.09. The maximum atomic E-state index is 12.5. The molecular weight excluding hydrogens is 356 g/mol. The summed E-state index contributed by atoms with van der Waals surface area (Å²) in [6, 6.07) is 7.62. The van der Waals surface area contributed by atoms with E-state index in [2.05, 4.69) is 26.6 Å². The smallest absolute Gasteiger partial charge is 0.330 e. The van der Waals surface area contributed by atoms with E-state index in [0.29, 0.717) is 18.2 Å². The van der Waals surface area contributed by atoms with E-state index in [1.807, 2.05) is 31.2 Å². The van der Waals surface area contributed by atoms with E-state index in [1.165, 1.54) is 13.2 Å². The number of Topliss-reactive ketones (excluding diaryl/α,β-unsaturated/α-hetero) is 1. The normalized spacial score (nSPS) is 13.3. The lowest BCUT2D eigenvalue weighted by molar-refractivity contribution is -0.134. The topological polar surface area (TPSA) is 43.4 Å². The molecule has 23 heavy (non-hydrogen) atoms. The van der Waals surface area contributed by atoms with Crippen LogP contribution in [0.4, 0.5) is 0 Å². The molecule has 0 N–H and O–H groups in total. The fourth-order valence-electron chi connectivity index (χ4n) is 2.35. The Hall–Kier alpha value is -1.86. The molecule has 0 radical (unpaired) electrons. The summed E-state index contributed by atoms with van der Waals surface area (Å²) in [5.41, 5.74) is 1.17. The molecule has 0 aliphatic rings. The van der Waals surface area contributed by atoms with Gasteiger partial charge in [-0.15, -0.1) is 12.3 Å². The molecular formula is C19H21BrO3. The van der Waals surface area contributed by atoms with E-state index in [0.717, 1.165) is 17.5 Å². The fraction of sp³-hybridized carbons (Fsp3) is 0.368. The van der Waals surface area contributed by atoms with Crippen LogP contribution in [0.2, 0.25) is 0 Å². The minimum absolute atomic E-state index is 0.114. The maximum Gasteiger partial charge on any atom is 0.330 e. The average molecular weight is 377 g/mol. The van der Waals surface area contributed by atoms with Crippen molar-refractivity contribution in [3.8, 4) is 12.3 Å². The number of rotatable bonds is 8. The molecule has 0 fully saturated rings. The first-order valence-electron chi connectivity index (χ1n) is 7.37. The van der Waals surface area contributed by atoms with E-state index in [4.69, 9.17) is 6.42 Å². The zero-order chi connectivity index (χ0) is 17.3. The van der Waals surface area contributed by atoms with Gasteiger partial charge in [0.2, 0.25) is 0 Å². The number of hydrogen-bond acceptors (Lipinski definition) is 3. The summed E-state index contributed by atoms with van der Waals surface area (Å²) in [7, 11) is 1.33. The molecule has 1 aromatic rings. The number of methoxy groups -OCH3 is 1. The Morgan fingerprint density at radius 3 is 2.78 bits per heavy atom. The van der Waals surface area contributed by atoms with Gasteiger partial charge < -0.3 is 4.74 Å². The number of halogens is 1. The maximum absolute atomic E-state index is 12.5. The molecule has 0 saturated heterocycles. The number of alkyl halides is 1. The van der Waals surface area contributed by atoms with E-state index < -0.39 is 11.4 Å². The predicted molar refractivity (Wildman–Crippen MR) is 96.3 cm³/mol. The lowest BCUT2D eigenvalue weighted by atomic mass is 9.75. The summed E-state index contributed by atoms with van der Waals surface area (Å²) in [6.07, 6.45) is 10.5. The van der Waals surface area contributed by atoms with Gasteiger partial charge in [0.25, 0.3) is 0 Å². The average Bonchev–Trinajstić information content (AvgIpc) is 2.59. The second-order valence-corrected chi connectivity index (χ2v) is 5.99. The Kier molecular flexibility index (Phi) is 7.77. The number of hydrogen-bond donors (Lipinski definition) is 0. The molecule has 1 aromatic carbocycles. The third kappa shape index (κ3) is 5.37. The first-order chi connectivity index (χ1) is 11.0. The highest BCUT2D eigenvalue weighted by Crippen LogP contribution is 2.32. The molecule has 0 aliphatic carbocycles. The highest BCUT2D eigenvalue weighted by Gasteiger charge is 2.33. The van der Waals surface area contributed by atoms with Crippen LogP contribution in [-0.4, -0.2) is 24.2 Å².